The van der Waals surface area contributed by atoms with Crippen LogP contribution in [0.15, 0.2) is 24.3 Å². The minimum Gasteiger partial charge on any atom is -0.462 e. The van der Waals surface area contributed by atoms with Gasteiger partial charge >= 0.3 is 12.0 Å². The molecule has 1 aromatic carbocycles. The van der Waals surface area contributed by atoms with E-state index in [0.29, 0.717) is 10.7 Å². The molecule has 0 saturated heterocycles. The number of esters is 1. The van der Waals surface area contributed by atoms with Crippen LogP contribution in [0.2, 0.25) is 5.02 Å². The van der Waals surface area contributed by atoms with Gasteiger partial charge in [-0.3, -0.25) is 4.79 Å². The van der Waals surface area contributed by atoms with Crippen LogP contribution in [-0.2, 0) is 9.53 Å². The van der Waals surface area contributed by atoms with E-state index in [1.807, 2.05) is 0 Å². The number of nitrogens with one attached hydrogen (secondary N) is 2. The fraction of sp³-hybridized carbons (Fsp3) is 0.333. The minimum absolute atomic E-state index is 0.169. The van der Waals surface area contributed by atoms with Crippen molar-refractivity contribution < 1.29 is 14.3 Å². The van der Waals surface area contributed by atoms with E-state index in [9.17, 15) is 9.59 Å². The van der Waals surface area contributed by atoms with Gasteiger partial charge in [-0.25, -0.2) is 4.79 Å². The van der Waals surface area contributed by atoms with Crippen molar-refractivity contribution in [1.29, 1.82) is 0 Å². The molecule has 1 aromatic rings. The average Bonchev–Trinajstić information content (AvgIpc) is 2.29. The summed E-state index contributed by atoms with van der Waals surface area (Å²) in [5.74, 6) is -0.476. The number of benzene rings is 1. The zero-order chi connectivity index (χ0) is 13.5. The first-order valence-electron chi connectivity index (χ1n) is 5.47. The van der Waals surface area contributed by atoms with Crippen molar-refractivity contribution in [1.82, 2.24) is 5.32 Å². The number of ether oxygens (including phenoxy) is 1. The SMILES string of the molecule is CC(C)OC(=O)CNC(=O)Nc1ccc(Cl)cc1. The molecule has 18 heavy (non-hydrogen) atoms. The molecule has 2 N–H and O–H groups in total. The molecule has 0 saturated carbocycles. The number of carbonyl (C=O) groups excluding carboxylic acids is 2. The Bertz CT molecular complexity index is 418. The molecular formula is C12H15ClN2O3. The number of urea groups is 1. The largest absolute Gasteiger partial charge is 0.462 e. The Labute approximate surface area is 110 Å². The van der Waals surface area contributed by atoms with E-state index < -0.39 is 12.0 Å². The second-order valence-electron chi connectivity index (χ2n) is 3.85. The highest BCUT2D eigenvalue weighted by Crippen LogP contribution is 2.12. The molecule has 0 aliphatic carbocycles. The maximum absolute atomic E-state index is 11.4. The second-order valence-corrected chi connectivity index (χ2v) is 4.29. The molecule has 2 amide bonds. The number of halogens is 1. The standard InChI is InChI=1S/C12H15ClN2O3/c1-8(2)18-11(16)7-14-12(17)15-10-5-3-9(13)4-6-10/h3-6,8H,7H2,1-2H3,(H2,14,15,17). The van der Waals surface area contributed by atoms with Crippen molar-refractivity contribution in [2.24, 2.45) is 0 Å². The van der Waals surface area contributed by atoms with Crippen LogP contribution in [0.4, 0.5) is 10.5 Å². The number of carbonyl (C=O) groups is 2. The van der Waals surface area contributed by atoms with Gasteiger partial charge in [0.25, 0.3) is 0 Å². The average molecular weight is 271 g/mol. The van der Waals surface area contributed by atoms with Crippen molar-refractivity contribution in [2.75, 3.05) is 11.9 Å². The molecular weight excluding hydrogens is 256 g/mol. The summed E-state index contributed by atoms with van der Waals surface area (Å²) in [5, 5.41) is 5.54. The molecule has 0 aliphatic heterocycles. The molecule has 0 spiro atoms. The van der Waals surface area contributed by atoms with Crippen LogP contribution in [-0.4, -0.2) is 24.6 Å². The van der Waals surface area contributed by atoms with Gasteiger partial charge in [-0.15, -0.1) is 0 Å². The highest BCUT2D eigenvalue weighted by Gasteiger charge is 2.07. The summed E-state index contributed by atoms with van der Waals surface area (Å²) < 4.78 is 4.87. The summed E-state index contributed by atoms with van der Waals surface area (Å²) >= 11 is 5.71. The van der Waals surface area contributed by atoms with Crippen LogP contribution >= 0.6 is 11.6 Å². The van der Waals surface area contributed by atoms with E-state index in [0.717, 1.165) is 0 Å². The first-order chi connectivity index (χ1) is 8.47. The Morgan fingerprint density at radius 2 is 1.89 bits per heavy atom. The number of hydrogen-bond acceptors (Lipinski definition) is 3. The first-order valence-corrected chi connectivity index (χ1v) is 5.85. The van der Waals surface area contributed by atoms with Crippen LogP contribution < -0.4 is 10.6 Å². The Kier molecular flexibility index (Phi) is 5.45. The van der Waals surface area contributed by atoms with Crippen molar-refractivity contribution >= 4 is 29.3 Å². The third-order valence-electron chi connectivity index (χ3n) is 1.86. The van der Waals surface area contributed by atoms with Crippen LogP contribution in [0, 0.1) is 0 Å². The maximum atomic E-state index is 11.4. The lowest BCUT2D eigenvalue weighted by molar-refractivity contribution is -0.146. The van der Waals surface area contributed by atoms with Gasteiger partial charge in [0.1, 0.15) is 6.54 Å². The third kappa shape index (κ3) is 5.54. The highest BCUT2D eigenvalue weighted by atomic mass is 35.5. The summed E-state index contributed by atoms with van der Waals surface area (Å²) in [5.41, 5.74) is 0.592. The number of rotatable bonds is 4. The fourth-order valence-electron chi connectivity index (χ4n) is 1.17. The third-order valence-corrected chi connectivity index (χ3v) is 2.11. The van der Waals surface area contributed by atoms with Gasteiger partial charge in [-0.1, -0.05) is 11.6 Å². The lowest BCUT2D eigenvalue weighted by atomic mass is 10.3. The van der Waals surface area contributed by atoms with Crippen LogP contribution in [0.5, 0.6) is 0 Å². The minimum atomic E-state index is -0.476. The number of anilines is 1. The zero-order valence-electron chi connectivity index (χ0n) is 10.2. The number of amides is 2. The quantitative estimate of drug-likeness (QED) is 0.826. The normalized spacial score (nSPS) is 10.0. The summed E-state index contributed by atoms with van der Waals surface area (Å²) in [6.45, 7) is 3.31. The molecule has 5 nitrogen and oxygen atoms in total. The summed E-state index contributed by atoms with van der Waals surface area (Å²) in [7, 11) is 0. The van der Waals surface area contributed by atoms with E-state index in [1.54, 1.807) is 38.1 Å². The van der Waals surface area contributed by atoms with Crippen LogP contribution in [0.1, 0.15) is 13.8 Å². The zero-order valence-corrected chi connectivity index (χ0v) is 11.0. The molecule has 0 aromatic heterocycles. The van der Waals surface area contributed by atoms with Gasteiger partial charge < -0.3 is 15.4 Å². The van der Waals surface area contributed by atoms with Crippen LogP contribution in [0.3, 0.4) is 0 Å². The Hall–Kier alpha value is -1.75. The van der Waals surface area contributed by atoms with E-state index >= 15 is 0 Å². The molecule has 1 rings (SSSR count). The van der Waals surface area contributed by atoms with Crippen LogP contribution in [0.25, 0.3) is 0 Å². The van der Waals surface area contributed by atoms with Crippen molar-refractivity contribution in [2.45, 2.75) is 20.0 Å². The molecule has 0 unspecified atom stereocenters. The molecule has 0 aliphatic rings. The van der Waals surface area contributed by atoms with Gasteiger partial charge in [-0.05, 0) is 38.1 Å². The molecule has 0 bridgehead atoms. The van der Waals surface area contributed by atoms with Gasteiger partial charge in [0, 0.05) is 10.7 Å². The van der Waals surface area contributed by atoms with Gasteiger partial charge in [0.2, 0.25) is 0 Å². The monoisotopic (exact) mass is 270 g/mol. The van der Waals surface area contributed by atoms with Gasteiger partial charge in [0.15, 0.2) is 0 Å². The Morgan fingerprint density at radius 3 is 2.44 bits per heavy atom. The summed E-state index contributed by atoms with van der Waals surface area (Å²) in [6, 6.07) is 6.16. The smallest absolute Gasteiger partial charge is 0.325 e. The lowest BCUT2D eigenvalue weighted by Gasteiger charge is -2.09. The van der Waals surface area contributed by atoms with E-state index in [-0.39, 0.29) is 12.6 Å². The second kappa shape index (κ2) is 6.86. The Balaban J connectivity index is 2.34. The maximum Gasteiger partial charge on any atom is 0.325 e. The van der Waals surface area contributed by atoms with E-state index in [1.165, 1.54) is 0 Å². The van der Waals surface area contributed by atoms with Gasteiger partial charge in [-0.2, -0.15) is 0 Å². The van der Waals surface area contributed by atoms with E-state index in [4.69, 9.17) is 16.3 Å². The molecule has 6 heteroatoms. The highest BCUT2D eigenvalue weighted by molar-refractivity contribution is 6.30. The molecule has 0 fully saturated rings. The van der Waals surface area contributed by atoms with Crippen molar-refractivity contribution in [3.63, 3.8) is 0 Å². The molecule has 98 valence electrons. The Morgan fingerprint density at radius 1 is 1.28 bits per heavy atom. The lowest BCUT2D eigenvalue weighted by Crippen LogP contribution is -2.34. The summed E-state index contributed by atoms with van der Waals surface area (Å²) in [4.78, 5) is 22.6. The van der Waals surface area contributed by atoms with E-state index in [2.05, 4.69) is 10.6 Å². The molecule has 0 atom stereocenters. The van der Waals surface area contributed by atoms with Crippen molar-refractivity contribution in [3.05, 3.63) is 29.3 Å². The first kappa shape index (κ1) is 14.3. The topological polar surface area (TPSA) is 67.4 Å². The predicted octanol–water partition coefficient (Wildman–Crippen LogP) is 2.41. The fourth-order valence-corrected chi connectivity index (χ4v) is 1.29. The number of hydrogen-bond donors (Lipinski definition) is 2. The summed E-state index contributed by atoms with van der Waals surface area (Å²) in [6.07, 6.45) is -0.196. The predicted molar refractivity (Wildman–Crippen MR) is 69.7 cm³/mol. The van der Waals surface area contributed by atoms with Gasteiger partial charge in [0.05, 0.1) is 6.10 Å². The molecule has 0 radical (unpaired) electrons. The van der Waals surface area contributed by atoms with Crippen molar-refractivity contribution in [3.8, 4) is 0 Å². The molecule has 0 heterocycles.